The van der Waals surface area contributed by atoms with Crippen molar-refractivity contribution in [2.75, 3.05) is 18.1 Å². The van der Waals surface area contributed by atoms with Crippen LogP contribution in [0.2, 0.25) is 15.1 Å². The molecule has 0 atom stereocenters. The van der Waals surface area contributed by atoms with E-state index in [1.165, 1.54) is 12.1 Å². The number of nitrogens with zero attached hydrogens (tertiary/aromatic N) is 2. The molecule has 2 N–H and O–H groups in total. The smallest absolute Gasteiger partial charge is 0.323 e. The number of anilines is 1. The number of halogens is 3. The van der Waals surface area contributed by atoms with Gasteiger partial charge in [-0.3, -0.25) is 29.5 Å². The second kappa shape index (κ2) is 10.3. The van der Waals surface area contributed by atoms with Crippen LogP contribution in [-0.2, 0) is 19.2 Å². The Hall–Kier alpha value is -2.83. The Labute approximate surface area is 228 Å². The topological polar surface area (TPSA) is 116 Å². The number of fused-ring (bicyclic) bond motifs is 1. The molecule has 0 aliphatic carbocycles. The molecule has 2 aliphatic rings. The van der Waals surface area contributed by atoms with E-state index in [0.717, 1.165) is 27.2 Å². The lowest BCUT2D eigenvalue weighted by Gasteiger charge is -2.16. The van der Waals surface area contributed by atoms with Gasteiger partial charge in [0, 0.05) is 11.6 Å². The average Bonchev–Trinajstić information content (AvgIpc) is 3.22. The Bertz CT molecular complexity index is 1400. The maximum absolute atomic E-state index is 13.2. The van der Waals surface area contributed by atoms with Crippen LogP contribution in [0.25, 0.3) is 5.57 Å². The molecule has 0 saturated carbocycles. The third-order valence-electron chi connectivity index (χ3n) is 5.03. The van der Waals surface area contributed by atoms with E-state index in [4.69, 9.17) is 51.8 Å². The molecule has 4 rings (SSSR count). The van der Waals surface area contributed by atoms with Crippen molar-refractivity contribution in [1.82, 2.24) is 10.4 Å². The molecule has 2 aromatic carbocycles. The molecule has 14 heteroatoms. The summed E-state index contributed by atoms with van der Waals surface area (Å²) in [7, 11) is 0. The highest BCUT2D eigenvalue weighted by molar-refractivity contribution is 8.26. The molecular weight excluding hydrogens is 573 g/mol. The van der Waals surface area contributed by atoms with Crippen LogP contribution in [0.15, 0.2) is 35.2 Å². The van der Waals surface area contributed by atoms with Crippen LogP contribution < -0.4 is 15.1 Å². The van der Waals surface area contributed by atoms with E-state index in [-0.39, 0.29) is 35.6 Å². The molecule has 2 aliphatic heterocycles. The highest BCUT2D eigenvalue weighted by atomic mass is 35.5. The first-order chi connectivity index (χ1) is 17.0. The Balaban J connectivity index is 1.56. The molecule has 2 aromatic rings. The van der Waals surface area contributed by atoms with Crippen LogP contribution in [-0.4, -0.2) is 51.3 Å². The lowest BCUT2D eigenvalue weighted by atomic mass is 10.0. The largest absolute Gasteiger partial charge is 0.482 e. The predicted molar refractivity (Wildman–Crippen MR) is 140 cm³/mol. The van der Waals surface area contributed by atoms with Crippen LogP contribution >= 0.6 is 58.8 Å². The van der Waals surface area contributed by atoms with Crippen LogP contribution in [0.5, 0.6) is 5.75 Å². The number of carboxylic acid groups (broad SMARTS) is 1. The third kappa shape index (κ3) is 5.02. The van der Waals surface area contributed by atoms with Gasteiger partial charge in [-0.1, -0.05) is 58.2 Å². The van der Waals surface area contributed by atoms with Crippen molar-refractivity contribution >= 4 is 98.1 Å². The van der Waals surface area contributed by atoms with E-state index >= 15 is 0 Å². The minimum absolute atomic E-state index is 0.0166. The van der Waals surface area contributed by atoms with Crippen molar-refractivity contribution in [2.24, 2.45) is 0 Å². The number of carbonyl (C=O) groups excluding carboxylic acids is 3. The van der Waals surface area contributed by atoms with Crippen molar-refractivity contribution in [3.8, 4) is 5.75 Å². The Morgan fingerprint density at radius 1 is 1.08 bits per heavy atom. The molecular formula is C22H14Cl3N3O6S2. The zero-order valence-electron chi connectivity index (χ0n) is 18.1. The zero-order valence-corrected chi connectivity index (χ0v) is 22.0. The number of aryl methyl sites for hydroxylation is 1. The number of carboxylic acids is 1. The van der Waals surface area contributed by atoms with Crippen LogP contribution in [0.3, 0.4) is 0 Å². The summed E-state index contributed by atoms with van der Waals surface area (Å²) in [6.45, 7) is 0.686. The molecule has 1 fully saturated rings. The van der Waals surface area contributed by atoms with E-state index in [9.17, 15) is 24.3 Å². The highest BCUT2D eigenvalue weighted by Crippen LogP contribution is 2.44. The number of aliphatic carboxylic acids is 1. The fraction of sp³-hybridized carbons (Fsp3) is 0.136. The summed E-state index contributed by atoms with van der Waals surface area (Å²) >= 11 is 23.9. The maximum Gasteiger partial charge on any atom is 0.323 e. The van der Waals surface area contributed by atoms with Gasteiger partial charge in [0.05, 0.1) is 31.2 Å². The van der Waals surface area contributed by atoms with Crippen LogP contribution in [0.1, 0.15) is 11.1 Å². The first-order valence-corrected chi connectivity index (χ1v) is 12.4. The number of hydrogen-bond acceptors (Lipinski definition) is 7. The molecule has 0 aromatic heterocycles. The summed E-state index contributed by atoms with van der Waals surface area (Å²) < 4.78 is 5.34. The van der Waals surface area contributed by atoms with Crippen molar-refractivity contribution in [1.29, 1.82) is 0 Å². The molecule has 3 amide bonds. The number of benzene rings is 2. The standard InChI is InChI=1S/C22H14Cl3N3O6S2/c1-9-2-3-14-10(4-9)18(20(32)27(14)7-17(30)31)19-21(33)28(22(35)36-19)26-16(29)8-34-15-6-12(24)11(23)5-13(15)25/h2-6H,7-8H2,1H3,(H,26,29)(H,30,31)/b19-18+. The molecule has 0 radical (unpaired) electrons. The normalized spacial score (nSPS) is 17.1. The number of amides is 3. The summed E-state index contributed by atoms with van der Waals surface area (Å²) in [5.74, 6) is -3.23. The maximum atomic E-state index is 13.2. The zero-order chi connectivity index (χ0) is 26.3. The minimum Gasteiger partial charge on any atom is -0.482 e. The summed E-state index contributed by atoms with van der Waals surface area (Å²) in [5.41, 5.74) is 3.94. The lowest BCUT2D eigenvalue weighted by Crippen LogP contribution is -2.46. The Kier molecular flexibility index (Phi) is 7.48. The van der Waals surface area contributed by atoms with Gasteiger partial charge in [0.1, 0.15) is 12.3 Å². The second-order valence-electron chi connectivity index (χ2n) is 7.54. The van der Waals surface area contributed by atoms with E-state index in [1.807, 2.05) is 0 Å². The van der Waals surface area contributed by atoms with Gasteiger partial charge in [-0.05, 0) is 37.3 Å². The molecule has 36 heavy (non-hydrogen) atoms. The average molecular weight is 587 g/mol. The summed E-state index contributed by atoms with van der Waals surface area (Å²) in [6, 6.07) is 7.74. The van der Waals surface area contributed by atoms with Gasteiger partial charge in [0.2, 0.25) is 0 Å². The number of carbonyl (C=O) groups is 4. The number of hydrazine groups is 1. The Morgan fingerprint density at radius 2 is 1.78 bits per heavy atom. The van der Waals surface area contributed by atoms with Crippen molar-refractivity contribution in [2.45, 2.75) is 6.92 Å². The van der Waals surface area contributed by atoms with E-state index in [1.54, 1.807) is 25.1 Å². The molecule has 186 valence electrons. The highest BCUT2D eigenvalue weighted by Gasteiger charge is 2.43. The van der Waals surface area contributed by atoms with E-state index in [0.29, 0.717) is 11.3 Å². The number of ether oxygens (including phenoxy) is 1. The summed E-state index contributed by atoms with van der Waals surface area (Å²) in [6.07, 6.45) is 0. The van der Waals surface area contributed by atoms with Crippen LogP contribution in [0.4, 0.5) is 5.69 Å². The lowest BCUT2D eigenvalue weighted by molar-refractivity contribution is -0.136. The number of thiocarbonyl (C=S) groups is 1. The van der Waals surface area contributed by atoms with E-state index < -0.39 is 36.8 Å². The van der Waals surface area contributed by atoms with Gasteiger partial charge in [-0.25, -0.2) is 0 Å². The molecule has 1 saturated heterocycles. The molecule has 0 bridgehead atoms. The molecule has 0 unspecified atom stereocenters. The minimum atomic E-state index is -1.21. The molecule has 2 heterocycles. The molecule has 0 spiro atoms. The summed E-state index contributed by atoms with van der Waals surface area (Å²) in [5, 5.41) is 10.6. The van der Waals surface area contributed by atoms with Crippen molar-refractivity contribution < 1.29 is 29.0 Å². The van der Waals surface area contributed by atoms with Gasteiger partial charge >= 0.3 is 5.97 Å². The fourth-order valence-electron chi connectivity index (χ4n) is 3.49. The quantitative estimate of drug-likeness (QED) is 0.296. The fourth-order valence-corrected chi connectivity index (χ4v) is 5.33. The van der Waals surface area contributed by atoms with Gasteiger partial charge in [-0.2, -0.15) is 5.01 Å². The number of thioether (sulfide) groups is 1. The predicted octanol–water partition coefficient (Wildman–Crippen LogP) is 4.07. The monoisotopic (exact) mass is 585 g/mol. The van der Waals surface area contributed by atoms with Gasteiger partial charge in [-0.15, -0.1) is 0 Å². The van der Waals surface area contributed by atoms with Crippen LogP contribution in [0, 0.1) is 6.92 Å². The number of rotatable bonds is 6. The number of hydrogen-bond donors (Lipinski definition) is 2. The molecule has 9 nitrogen and oxygen atoms in total. The Morgan fingerprint density at radius 3 is 2.47 bits per heavy atom. The third-order valence-corrected chi connectivity index (χ3v) is 7.42. The number of nitrogens with one attached hydrogen (secondary N) is 1. The van der Waals surface area contributed by atoms with Gasteiger partial charge in [0.25, 0.3) is 17.7 Å². The second-order valence-corrected chi connectivity index (χ2v) is 10.4. The van der Waals surface area contributed by atoms with Crippen molar-refractivity contribution in [3.63, 3.8) is 0 Å². The van der Waals surface area contributed by atoms with E-state index in [2.05, 4.69) is 5.43 Å². The SMILES string of the molecule is Cc1ccc2c(c1)/C(=C1\SC(=S)N(NC(=O)COc3cc(Cl)c(Cl)cc3Cl)C1=O)C(=O)N2CC(=O)O. The van der Waals surface area contributed by atoms with Gasteiger partial charge < -0.3 is 9.84 Å². The van der Waals surface area contributed by atoms with Gasteiger partial charge in [0.15, 0.2) is 10.9 Å². The summed E-state index contributed by atoms with van der Waals surface area (Å²) in [4.78, 5) is 51.2. The van der Waals surface area contributed by atoms with Crippen molar-refractivity contribution in [3.05, 3.63) is 61.4 Å². The first-order valence-electron chi connectivity index (χ1n) is 10.00. The first kappa shape index (κ1) is 26.2.